The van der Waals surface area contributed by atoms with Crippen LogP contribution in [-0.2, 0) is 16.6 Å². The van der Waals surface area contributed by atoms with Crippen LogP contribution in [0, 0.1) is 0 Å². The second-order valence-electron chi connectivity index (χ2n) is 7.90. The summed E-state index contributed by atoms with van der Waals surface area (Å²) in [6, 6.07) is 26.8. The van der Waals surface area contributed by atoms with Crippen LogP contribution in [0.1, 0.15) is 15.9 Å². The van der Waals surface area contributed by atoms with Crippen LogP contribution in [0.5, 0.6) is 0 Å². The van der Waals surface area contributed by atoms with Crippen molar-refractivity contribution < 1.29 is 13.2 Å². The predicted molar refractivity (Wildman–Crippen MR) is 133 cm³/mol. The van der Waals surface area contributed by atoms with E-state index in [-0.39, 0.29) is 10.8 Å². The third-order valence-electron chi connectivity index (χ3n) is 5.32. The van der Waals surface area contributed by atoms with Crippen molar-refractivity contribution in [2.75, 3.05) is 23.7 Å². The molecule has 0 saturated carbocycles. The molecule has 4 rings (SSSR count). The number of hydrogen-bond donors (Lipinski definition) is 2. The number of hydrogen-bond acceptors (Lipinski definition) is 4. The lowest BCUT2D eigenvalue weighted by molar-refractivity contribution is 0.0951. The Labute approximate surface area is 193 Å². The zero-order chi connectivity index (χ0) is 23.4. The van der Waals surface area contributed by atoms with Gasteiger partial charge in [-0.1, -0.05) is 54.6 Å². The van der Waals surface area contributed by atoms with E-state index in [2.05, 4.69) is 10.0 Å². The van der Waals surface area contributed by atoms with Gasteiger partial charge in [-0.05, 0) is 52.7 Å². The molecule has 0 aliphatic rings. The van der Waals surface area contributed by atoms with Gasteiger partial charge in [-0.2, -0.15) is 0 Å². The summed E-state index contributed by atoms with van der Waals surface area (Å²) in [7, 11) is 0.0955. The van der Waals surface area contributed by atoms with Gasteiger partial charge in [0, 0.05) is 37.6 Å². The molecule has 0 aromatic heterocycles. The highest BCUT2D eigenvalue weighted by Crippen LogP contribution is 2.22. The topological polar surface area (TPSA) is 78.5 Å². The summed E-state index contributed by atoms with van der Waals surface area (Å²) < 4.78 is 28.4. The van der Waals surface area contributed by atoms with Crippen LogP contribution in [0.25, 0.3) is 10.8 Å². The van der Waals surface area contributed by atoms with Gasteiger partial charge in [0.25, 0.3) is 15.9 Å². The highest BCUT2D eigenvalue weighted by molar-refractivity contribution is 7.92. The molecule has 4 aromatic rings. The minimum Gasteiger partial charge on any atom is -0.377 e. The van der Waals surface area contributed by atoms with E-state index in [1.807, 2.05) is 67.5 Å². The Morgan fingerprint density at radius 2 is 1.55 bits per heavy atom. The van der Waals surface area contributed by atoms with Crippen molar-refractivity contribution in [2.45, 2.75) is 11.4 Å². The fourth-order valence-electron chi connectivity index (χ4n) is 3.65. The summed E-state index contributed by atoms with van der Waals surface area (Å²) in [4.78, 5) is 14.9. The van der Waals surface area contributed by atoms with Gasteiger partial charge in [0.15, 0.2) is 0 Å². The van der Waals surface area contributed by atoms with Gasteiger partial charge in [0.1, 0.15) is 0 Å². The first-order valence-electron chi connectivity index (χ1n) is 10.5. The molecule has 0 radical (unpaired) electrons. The predicted octanol–water partition coefficient (Wildman–Crippen LogP) is 4.64. The van der Waals surface area contributed by atoms with Crippen molar-refractivity contribution in [2.24, 2.45) is 0 Å². The van der Waals surface area contributed by atoms with Gasteiger partial charge in [0.05, 0.1) is 4.90 Å². The number of para-hydroxylation sites is 1. The Balaban J connectivity index is 1.49. The van der Waals surface area contributed by atoms with Crippen LogP contribution >= 0.6 is 0 Å². The largest absolute Gasteiger partial charge is 0.377 e. The molecule has 168 valence electrons. The van der Waals surface area contributed by atoms with Crippen LogP contribution in [0.2, 0.25) is 0 Å². The molecular formula is C26H25N3O3S. The minimum atomic E-state index is -3.80. The average Bonchev–Trinajstić information content (AvgIpc) is 2.82. The van der Waals surface area contributed by atoms with E-state index in [0.29, 0.717) is 17.8 Å². The van der Waals surface area contributed by atoms with Crippen LogP contribution in [0.15, 0.2) is 95.9 Å². The zero-order valence-electron chi connectivity index (χ0n) is 18.4. The van der Waals surface area contributed by atoms with Crippen LogP contribution < -0.4 is 14.9 Å². The van der Waals surface area contributed by atoms with Gasteiger partial charge in [-0.25, -0.2) is 8.42 Å². The summed E-state index contributed by atoms with van der Waals surface area (Å²) >= 11 is 0. The molecule has 6 nitrogen and oxygen atoms in total. The zero-order valence-corrected chi connectivity index (χ0v) is 19.3. The molecule has 1 amide bonds. The maximum Gasteiger partial charge on any atom is 0.261 e. The molecule has 0 heterocycles. The Morgan fingerprint density at radius 1 is 0.818 bits per heavy atom. The van der Waals surface area contributed by atoms with Crippen LogP contribution in [0.4, 0.5) is 11.4 Å². The fourth-order valence-corrected chi connectivity index (χ4v) is 4.73. The van der Waals surface area contributed by atoms with Gasteiger partial charge >= 0.3 is 0 Å². The molecule has 0 bridgehead atoms. The van der Waals surface area contributed by atoms with Crippen LogP contribution in [0.3, 0.4) is 0 Å². The van der Waals surface area contributed by atoms with Gasteiger partial charge in [-0.15, -0.1) is 0 Å². The smallest absolute Gasteiger partial charge is 0.261 e. The molecule has 0 spiro atoms. The van der Waals surface area contributed by atoms with Crippen molar-refractivity contribution in [3.05, 3.63) is 102 Å². The standard InChI is InChI=1S/C26H25N3O3S/c1-29(2)25-13-6-5-10-22(25)18-27-26(30)21-11-7-12-23(16-21)28-33(31,32)24-15-14-19-8-3-4-9-20(19)17-24/h3-17,28H,18H2,1-2H3,(H,27,30). The fraction of sp³-hybridized carbons (Fsp3) is 0.115. The van der Waals surface area contributed by atoms with Gasteiger partial charge in [0.2, 0.25) is 0 Å². The monoisotopic (exact) mass is 459 g/mol. The number of carbonyl (C=O) groups excluding carboxylic acids is 1. The normalized spacial score (nSPS) is 11.2. The highest BCUT2D eigenvalue weighted by atomic mass is 32.2. The summed E-state index contributed by atoms with van der Waals surface area (Å²) in [5, 5.41) is 4.71. The quantitative estimate of drug-likeness (QED) is 0.422. The third-order valence-corrected chi connectivity index (χ3v) is 6.70. The molecule has 0 aliphatic carbocycles. The number of nitrogens with one attached hydrogen (secondary N) is 2. The van der Waals surface area contributed by atoms with E-state index in [0.717, 1.165) is 22.0 Å². The van der Waals surface area contributed by atoms with Crippen LogP contribution in [-0.4, -0.2) is 28.4 Å². The third kappa shape index (κ3) is 5.15. The molecular weight excluding hydrogens is 434 g/mol. The molecule has 0 aliphatic heterocycles. The number of benzene rings is 4. The van der Waals surface area contributed by atoms with Crippen molar-refractivity contribution in [3.63, 3.8) is 0 Å². The number of rotatable bonds is 7. The molecule has 7 heteroatoms. The first-order chi connectivity index (χ1) is 15.8. The average molecular weight is 460 g/mol. The van der Waals surface area contributed by atoms with Gasteiger partial charge < -0.3 is 10.2 Å². The number of fused-ring (bicyclic) bond motifs is 1. The Morgan fingerprint density at radius 3 is 2.33 bits per heavy atom. The van der Waals surface area contributed by atoms with Crippen molar-refractivity contribution in [1.82, 2.24) is 5.32 Å². The summed E-state index contributed by atoms with van der Waals surface area (Å²) in [6.45, 7) is 0.361. The second-order valence-corrected chi connectivity index (χ2v) is 9.58. The lowest BCUT2D eigenvalue weighted by Gasteiger charge is -2.17. The molecule has 0 saturated heterocycles. The van der Waals surface area contributed by atoms with E-state index >= 15 is 0 Å². The lowest BCUT2D eigenvalue weighted by atomic mass is 10.1. The molecule has 33 heavy (non-hydrogen) atoms. The van der Waals surface area contributed by atoms with Crippen molar-refractivity contribution >= 4 is 38.1 Å². The van der Waals surface area contributed by atoms with E-state index in [4.69, 9.17) is 0 Å². The molecule has 0 fully saturated rings. The number of sulfonamides is 1. The van der Waals surface area contributed by atoms with E-state index < -0.39 is 10.0 Å². The Kier molecular flexibility index (Phi) is 6.33. The van der Waals surface area contributed by atoms with E-state index in [9.17, 15) is 13.2 Å². The SMILES string of the molecule is CN(C)c1ccccc1CNC(=O)c1cccc(NS(=O)(=O)c2ccc3ccccc3c2)c1. The first-order valence-corrected chi connectivity index (χ1v) is 12.0. The van der Waals surface area contributed by atoms with Crippen molar-refractivity contribution in [3.8, 4) is 0 Å². The number of carbonyl (C=O) groups is 1. The molecule has 2 N–H and O–H groups in total. The molecule has 0 atom stereocenters. The lowest BCUT2D eigenvalue weighted by Crippen LogP contribution is -2.24. The molecule has 0 unspecified atom stereocenters. The Hall–Kier alpha value is -3.84. The van der Waals surface area contributed by atoms with E-state index in [1.54, 1.807) is 36.4 Å². The van der Waals surface area contributed by atoms with E-state index in [1.165, 1.54) is 6.07 Å². The second kappa shape index (κ2) is 9.34. The Bertz CT molecular complexity index is 1420. The number of nitrogens with zero attached hydrogens (tertiary/aromatic N) is 1. The highest BCUT2D eigenvalue weighted by Gasteiger charge is 2.16. The summed E-state index contributed by atoms with van der Waals surface area (Å²) in [6.07, 6.45) is 0. The minimum absolute atomic E-state index is 0.163. The summed E-state index contributed by atoms with van der Waals surface area (Å²) in [5.74, 6) is -0.282. The number of anilines is 2. The van der Waals surface area contributed by atoms with Gasteiger partial charge in [-0.3, -0.25) is 9.52 Å². The maximum absolute atomic E-state index is 12.9. The summed E-state index contributed by atoms with van der Waals surface area (Å²) in [5.41, 5.74) is 2.71. The maximum atomic E-state index is 12.9. The first kappa shape index (κ1) is 22.4. The number of amides is 1. The molecule has 4 aromatic carbocycles. The van der Waals surface area contributed by atoms with Crippen molar-refractivity contribution in [1.29, 1.82) is 0 Å².